The highest BCUT2D eigenvalue weighted by Crippen LogP contribution is 2.30. The number of methoxy groups -OCH3 is 1. The van der Waals surface area contributed by atoms with Crippen LogP contribution in [0.5, 0.6) is 0 Å². The van der Waals surface area contributed by atoms with E-state index >= 15 is 0 Å². The Morgan fingerprint density at radius 1 is 1.17 bits per heavy atom. The summed E-state index contributed by atoms with van der Waals surface area (Å²) in [5.41, 5.74) is 0.968. The first-order chi connectivity index (χ1) is 11.8. The summed E-state index contributed by atoms with van der Waals surface area (Å²) in [5.74, 6) is 1.98. The van der Waals surface area contributed by atoms with Gasteiger partial charge in [0.25, 0.3) is 11.8 Å². The van der Waals surface area contributed by atoms with Crippen molar-refractivity contribution in [2.45, 2.75) is 18.9 Å². The maximum absolute atomic E-state index is 5.49. The van der Waals surface area contributed by atoms with Crippen LogP contribution in [0.4, 0.5) is 5.95 Å². The van der Waals surface area contributed by atoms with Crippen molar-refractivity contribution in [2.24, 2.45) is 5.92 Å². The quantitative estimate of drug-likeness (QED) is 0.839. The van der Waals surface area contributed by atoms with E-state index < -0.39 is 0 Å². The zero-order chi connectivity index (χ0) is 16.4. The summed E-state index contributed by atoms with van der Waals surface area (Å²) in [6, 6.07) is 10.5. The highest BCUT2D eigenvalue weighted by Gasteiger charge is 2.35. The Kier molecular flexibility index (Phi) is 4.49. The summed E-state index contributed by atoms with van der Waals surface area (Å²) in [5, 5.41) is 4.24. The van der Waals surface area contributed by atoms with Crippen molar-refractivity contribution in [1.82, 2.24) is 15.0 Å². The van der Waals surface area contributed by atoms with Crippen molar-refractivity contribution in [3.63, 3.8) is 0 Å². The van der Waals surface area contributed by atoms with Crippen LogP contribution in [0.15, 0.2) is 34.9 Å². The van der Waals surface area contributed by atoms with Crippen LogP contribution in [0.25, 0.3) is 11.5 Å². The number of anilines is 1. The molecule has 6 nitrogen and oxygen atoms in total. The van der Waals surface area contributed by atoms with Crippen LogP contribution in [0, 0.1) is 5.92 Å². The highest BCUT2D eigenvalue weighted by molar-refractivity contribution is 5.54. The van der Waals surface area contributed by atoms with E-state index in [1.807, 2.05) is 30.3 Å². The Morgan fingerprint density at radius 2 is 2.04 bits per heavy atom. The minimum atomic E-state index is 0.553. The van der Waals surface area contributed by atoms with Crippen molar-refractivity contribution in [3.05, 3.63) is 30.3 Å². The number of ether oxygens (including phenoxy) is 1. The van der Waals surface area contributed by atoms with Crippen LogP contribution in [0.3, 0.4) is 0 Å². The molecule has 6 heteroatoms. The lowest BCUT2D eigenvalue weighted by molar-refractivity contribution is 0.0889. The lowest BCUT2D eigenvalue weighted by atomic mass is 9.95. The third-order valence-corrected chi connectivity index (χ3v) is 5.13. The van der Waals surface area contributed by atoms with Gasteiger partial charge in [-0.05, 0) is 36.0 Å². The van der Waals surface area contributed by atoms with Gasteiger partial charge in [0.1, 0.15) is 0 Å². The molecule has 0 radical (unpaired) electrons. The summed E-state index contributed by atoms with van der Waals surface area (Å²) >= 11 is 0. The normalized spacial score (nSPS) is 24.3. The lowest BCUT2D eigenvalue weighted by Gasteiger charge is -2.35. The van der Waals surface area contributed by atoms with Gasteiger partial charge in [0, 0.05) is 44.9 Å². The molecule has 3 saturated heterocycles. The summed E-state index contributed by atoms with van der Waals surface area (Å²) in [4.78, 5) is 9.50. The molecule has 1 aromatic heterocycles. The topological polar surface area (TPSA) is 54.6 Å². The van der Waals surface area contributed by atoms with Gasteiger partial charge >= 0.3 is 0 Å². The molecule has 2 aromatic rings. The third-order valence-electron chi connectivity index (χ3n) is 5.13. The van der Waals surface area contributed by atoms with Crippen LogP contribution < -0.4 is 4.90 Å². The van der Waals surface area contributed by atoms with Crippen molar-refractivity contribution >= 4 is 5.95 Å². The van der Waals surface area contributed by atoms with Crippen molar-refractivity contribution in [2.75, 3.05) is 44.8 Å². The predicted octanol–water partition coefficient (Wildman–Crippen LogP) is 2.28. The number of fused-ring (bicyclic) bond motifs is 4. The molecule has 4 heterocycles. The number of hydrogen-bond acceptors (Lipinski definition) is 6. The molecule has 0 unspecified atom stereocenters. The summed E-state index contributed by atoms with van der Waals surface area (Å²) in [6.45, 7) is 4.92. The van der Waals surface area contributed by atoms with Crippen molar-refractivity contribution in [3.8, 4) is 11.5 Å². The smallest absolute Gasteiger partial charge is 0.266 e. The monoisotopic (exact) mass is 328 g/mol. The van der Waals surface area contributed by atoms with E-state index in [4.69, 9.17) is 9.26 Å². The zero-order valence-electron chi connectivity index (χ0n) is 14.1. The van der Waals surface area contributed by atoms with Gasteiger partial charge in [-0.3, -0.25) is 4.90 Å². The lowest BCUT2D eigenvalue weighted by Crippen LogP contribution is -2.45. The number of rotatable bonds is 5. The maximum Gasteiger partial charge on any atom is 0.266 e. The largest absolute Gasteiger partial charge is 0.383 e. The standard InChI is InChI=1S/C18H24N4O2/c1-23-10-9-21-11-14-7-8-16(21)13-22(12-14)18-19-17(24-20-18)15-5-3-2-4-6-15/h2-6,14,16H,7-13H2,1H3/t14-,16-/m0/s1. The molecule has 0 spiro atoms. The van der Waals surface area contributed by atoms with Gasteiger partial charge in [-0.1, -0.05) is 18.2 Å². The molecule has 24 heavy (non-hydrogen) atoms. The van der Waals surface area contributed by atoms with Gasteiger partial charge in [-0.25, -0.2) is 0 Å². The third kappa shape index (κ3) is 3.16. The van der Waals surface area contributed by atoms with Gasteiger partial charge in [-0.2, -0.15) is 4.98 Å². The molecule has 0 N–H and O–H groups in total. The number of benzene rings is 1. The molecule has 0 saturated carbocycles. The van der Waals surface area contributed by atoms with E-state index in [9.17, 15) is 0 Å². The fourth-order valence-electron chi connectivity index (χ4n) is 3.87. The first kappa shape index (κ1) is 15.6. The van der Waals surface area contributed by atoms with Gasteiger partial charge < -0.3 is 14.2 Å². The van der Waals surface area contributed by atoms with Gasteiger partial charge in [0.2, 0.25) is 0 Å². The van der Waals surface area contributed by atoms with Crippen LogP contribution >= 0.6 is 0 Å². The number of piperidine rings is 1. The van der Waals surface area contributed by atoms with Crippen LogP contribution in [-0.2, 0) is 4.74 Å². The maximum atomic E-state index is 5.49. The molecule has 0 aliphatic carbocycles. The van der Waals surface area contributed by atoms with E-state index in [1.165, 1.54) is 12.8 Å². The minimum absolute atomic E-state index is 0.553. The molecule has 3 fully saturated rings. The van der Waals surface area contributed by atoms with Gasteiger partial charge in [0.05, 0.1) is 6.61 Å². The van der Waals surface area contributed by atoms with E-state index in [1.54, 1.807) is 7.11 Å². The Bertz CT molecular complexity index is 660. The van der Waals surface area contributed by atoms with Crippen LogP contribution in [0.1, 0.15) is 12.8 Å². The fraction of sp³-hybridized carbons (Fsp3) is 0.556. The first-order valence-electron chi connectivity index (χ1n) is 8.70. The fourth-order valence-corrected chi connectivity index (χ4v) is 3.87. The first-order valence-corrected chi connectivity index (χ1v) is 8.70. The molecule has 128 valence electrons. The Hall–Kier alpha value is -1.92. The SMILES string of the molecule is COCCN1C[C@@H]2CC[C@H]1CN(c1noc(-c3ccccc3)n1)C2. The molecule has 2 bridgehead atoms. The number of hydrogen-bond donors (Lipinski definition) is 0. The Morgan fingerprint density at radius 3 is 2.88 bits per heavy atom. The predicted molar refractivity (Wildman–Crippen MR) is 91.9 cm³/mol. The summed E-state index contributed by atoms with van der Waals surface area (Å²) in [7, 11) is 1.77. The minimum Gasteiger partial charge on any atom is -0.383 e. The van der Waals surface area contributed by atoms with Gasteiger partial charge in [-0.15, -0.1) is 0 Å². The number of nitrogens with zero attached hydrogens (tertiary/aromatic N) is 4. The molecule has 1 aromatic carbocycles. The molecule has 2 atom stereocenters. The van der Waals surface area contributed by atoms with Crippen LogP contribution in [0.2, 0.25) is 0 Å². The molecular weight excluding hydrogens is 304 g/mol. The van der Waals surface area contributed by atoms with Crippen molar-refractivity contribution < 1.29 is 9.26 Å². The molecule has 5 rings (SSSR count). The van der Waals surface area contributed by atoms with E-state index in [0.29, 0.717) is 17.9 Å². The summed E-state index contributed by atoms with van der Waals surface area (Å²) < 4.78 is 10.8. The highest BCUT2D eigenvalue weighted by atomic mass is 16.5. The van der Waals surface area contributed by atoms with Crippen LogP contribution in [-0.4, -0.2) is 61.0 Å². The second-order valence-corrected chi connectivity index (χ2v) is 6.76. The molecule has 3 aliphatic heterocycles. The second-order valence-electron chi connectivity index (χ2n) is 6.76. The number of aromatic nitrogens is 2. The molecule has 3 aliphatic rings. The molecule has 0 amide bonds. The second kappa shape index (κ2) is 6.91. The van der Waals surface area contributed by atoms with Gasteiger partial charge in [0.15, 0.2) is 0 Å². The van der Waals surface area contributed by atoms with E-state index in [-0.39, 0.29) is 0 Å². The average molecular weight is 328 g/mol. The zero-order valence-corrected chi connectivity index (χ0v) is 14.1. The van der Waals surface area contributed by atoms with E-state index in [2.05, 4.69) is 19.9 Å². The Balaban J connectivity index is 1.50. The average Bonchev–Trinajstić information content (AvgIpc) is 2.95. The molecular formula is C18H24N4O2. The van der Waals surface area contributed by atoms with E-state index in [0.717, 1.165) is 44.3 Å². The summed E-state index contributed by atoms with van der Waals surface area (Å²) in [6.07, 6.45) is 2.53. The van der Waals surface area contributed by atoms with Crippen molar-refractivity contribution in [1.29, 1.82) is 0 Å². The Labute approximate surface area is 142 Å².